The molecule has 5 heteroatoms. The highest BCUT2D eigenvalue weighted by molar-refractivity contribution is 5.56. The highest BCUT2D eigenvalue weighted by atomic mass is 15.3. The van der Waals surface area contributed by atoms with E-state index in [1.165, 1.54) is 0 Å². The first-order valence-electron chi connectivity index (χ1n) is 7.68. The lowest BCUT2D eigenvalue weighted by molar-refractivity contribution is 0.532. The fourth-order valence-corrected chi connectivity index (χ4v) is 1.97. The van der Waals surface area contributed by atoms with Crippen LogP contribution >= 0.6 is 0 Å². The Labute approximate surface area is 126 Å². The summed E-state index contributed by atoms with van der Waals surface area (Å²) in [5.41, 5.74) is 2.02. The third-order valence-electron chi connectivity index (χ3n) is 3.28. The number of rotatable bonds is 6. The quantitative estimate of drug-likeness (QED) is 0.876. The van der Waals surface area contributed by atoms with Crippen molar-refractivity contribution in [3.05, 3.63) is 24.2 Å². The van der Waals surface area contributed by atoms with Gasteiger partial charge in [0.25, 0.3) is 0 Å². The first-order chi connectivity index (χ1) is 10.0. The molecule has 2 aromatic rings. The Morgan fingerprint density at radius 3 is 2.52 bits per heavy atom. The van der Waals surface area contributed by atoms with Crippen molar-refractivity contribution in [3.8, 4) is 11.4 Å². The van der Waals surface area contributed by atoms with Crippen molar-refractivity contribution in [3.63, 3.8) is 0 Å². The van der Waals surface area contributed by atoms with Crippen LogP contribution in [0.5, 0.6) is 0 Å². The summed E-state index contributed by atoms with van der Waals surface area (Å²) in [4.78, 5) is 9.30. The molecule has 0 spiro atoms. The smallest absolute Gasteiger partial charge is 0.164 e. The summed E-state index contributed by atoms with van der Waals surface area (Å²) in [6, 6.07) is 2.38. The second-order valence-corrected chi connectivity index (χ2v) is 5.89. The largest absolute Gasteiger partial charge is 0.370 e. The fourth-order valence-electron chi connectivity index (χ4n) is 1.97. The minimum Gasteiger partial charge on any atom is -0.370 e. The molecule has 0 aliphatic carbocycles. The van der Waals surface area contributed by atoms with Crippen LogP contribution in [0, 0.1) is 0 Å². The highest BCUT2D eigenvalue weighted by Crippen LogP contribution is 2.22. The maximum absolute atomic E-state index is 4.68. The third-order valence-corrected chi connectivity index (χ3v) is 3.28. The van der Waals surface area contributed by atoms with Gasteiger partial charge >= 0.3 is 0 Å². The van der Waals surface area contributed by atoms with Gasteiger partial charge in [0.2, 0.25) is 0 Å². The van der Waals surface area contributed by atoms with Gasteiger partial charge in [-0.1, -0.05) is 20.8 Å². The SMILES string of the molecule is CCCNc1cc(C(C)C)nc(-c2cnn(C(C)C)c2)n1. The zero-order chi connectivity index (χ0) is 15.4. The van der Waals surface area contributed by atoms with Gasteiger partial charge in [-0.05, 0) is 26.2 Å². The molecule has 0 bridgehead atoms. The first kappa shape index (κ1) is 15.5. The molecular formula is C16H25N5. The third kappa shape index (κ3) is 3.80. The zero-order valence-electron chi connectivity index (χ0n) is 13.6. The normalized spacial score (nSPS) is 11.4. The summed E-state index contributed by atoms with van der Waals surface area (Å²) < 4.78 is 1.93. The van der Waals surface area contributed by atoms with Crippen molar-refractivity contribution < 1.29 is 0 Å². The van der Waals surface area contributed by atoms with Gasteiger partial charge in [0.05, 0.1) is 11.8 Å². The van der Waals surface area contributed by atoms with E-state index < -0.39 is 0 Å². The summed E-state index contributed by atoms with van der Waals surface area (Å²) in [5, 5.41) is 7.73. The monoisotopic (exact) mass is 287 g/mol. The van der Waals surface area contributed by atoms with Crippen LogP contribution in [-0.4, -0.2) is 26.3 Å². The Morgan fingerprint density at radius 1 is 1.19 bits per heavy atom. The molecule has 0 aliphatic rings. The van der Waals surface area contributed by atoms with E-state index in [0.717, 1.165) is 35.9 Å². The van der Waals surface area contributed by atoms with Gasteiger partial charge in [0, 0.05) is 30.5 Å². The van der Waals surface area contributed by atoms with Crippen molar-refractivity contribution in [2.45, 2.75) is 53.0 Å². The number of hydrogen-bond acceptors (Lipinski definition) is 4. The molecule has 0 amide bonds. The number of anilines is 1. The van der Waals surface area contributed by atoms with Gasteiger partial charge in [-0.3, -0.25) is 4.68 Å². The molecule has 0 radical (unpaired) electrons. The molecule has 5 nitrogen and oxygen atoms in total. The predicted molar refractivity (Wildman–Crippen MR) is 86.5 cm³/mol. The molecule has 114 valence electrons. The van der Waals surface area contributed by atoms with Crippen molar-refractivity contribution in [2.75, 3.05) is 11.9 Å². The maximum atomic E-state index is 4.68. The lowest BCUT2D eigenvalue weighted by Crippen LogP contribution is -2.06. The number of hydrogen-bond donors (Lipinski definition) is 1. The standard InChI is InChI=1S/C16H25N5/c1-6-7-17-15-8-14(11(2)3)19-16(20-15)13-9-18-21(10-13)12(4)5/h8-12H,6-7H2,1-5H3,(H,17,19,20). The second kappa shape index (κ2) is 6.70. The van der Waals surface area contributed by atoms with Crippen molar-refractivity contribution in [2.24, 2.45) is 0 Å². The van der Waals surface area contributed by atoms with E-state index in [1.54, 1.807) is 0 Å². The van der Waals surface area contributed by atoms with E-state index in [2.05, 4.69) is 55.0 Å². The Kier molecular flexibility index (Phi) is 4.94. The van der Waals surface area contributed by atoms with Gasteiger partial charge in [-0.2, -0.15) is 5.10 Å². The summed E-state index contributed by atoms with van der Waals surface area (Å²) in [5.74, 6) is 2.00. The van der Waals surface area contributed by atoms with Gasteiger partial charge < -0.3 is 5.32 Å². The van der Waals surface area contributed by atoms with Gasteiger partial charge in [-0.15, -0.1) is 0 Å². The Morgan fingerprint density at radius 2 is 1.95 bits per heavy atom. The highest BCUT2D eigenvalue weighted by Gasteiger charge is 2.11. The van der Waals surface area contributed by atoms with Crippen LogP contribution < -0.4 is 5.32 Å². The average Bonchev–Trinajstić information content (AvgIpc) is 2.94. The molecule has 2 rings (SSSR count). The zero-order valence-corrected chi connectivity index (χ0v) is 13.6. The minimum atomic E-state index is 0.338. The van der Waals surface area contributed by atoms with Crippen LogP contribution in [0.1, 0.15) is 58.7 Å². The molecule has 0 aromatic carbocycles. The topological polar surface area (TPSA) is 55.6 Å². The number of nitrogens with one attached hydrogen (secondary N) is 1. The van der Waals surface area contributed by atoms with E-state index in [9.17, 15) is 0 Å². The lowest BCUT2D eigenvalue weighted by atomic mass is 10.1. The van der Waals surface area contributed by atoms with E-state index >= 15 is 0 Å². The lowest BCUT2D eigenvalue weighted by Gasteiger charge is -2.11. The molecule has 1 N–H and O–H groups in total. The van der Waals surface area contributed by atoms with Crippen LogP contribution in [0.4, 0.5) is 5.82 Å². The maximum Gasteiger partial charge on any atom is 0.164 e. The fraction of sp³-hybridized carbons (Fsp3) is 0.562. The van der Waals surface area contributed by atoms with E-state index in [-0.39, 0.29) is 0 Å². The Balaban J connectivity index is 2.38. The number of nitrogens with zero attached hydrogens (tertiary/aromatic N) is 4. The summed E-state index contributed by atoms with van der Waals surface area (Å²) in [7, 11) is 0. The van der Waals surface area contributed by atoms with Gasteiger partial charge in [0.15, 0.2) is 5.82 Å². The number of aromatic nitrogens is 4. The molecule has 0 fully saturated rings. The summed E-state index contributed by atoms with van der Waals surface area (Å²) >= 11 is 0. The van der Waals surface area contributed by atoms with E-state index in [1.807, 2.05) is 23.1 Å². The second-order valence-electron chi connectivity index (χ2n) is 5.89. The molecule has 2 aromatic heterocycles. The van der Waals surface area contributed by atoms with Crippen LogP contribution in [0.2, 0.25) is 0 Å². The van der Waals surface area contributed by atoms with E-state index in [0.29, 0.717) is 12.0 Å². The summed E-state index contributed by atoms with van der Waals surface area (Å²) in [6.07, 6.45) is 4.92. The predicted octanol–water partition coefficient (Wildman–Crippen LogP) is 3.87. The van der Waals surface area contributed by atoms with Crippen molar-refractivity contribution in [1.82, 2.24) is 19.7 Å². The summed E-state index contributed by atoms with van der Waals surface area (Å²) in [6.45, 7) is 11.6. The minimum absolute atomic E-state index is 0.338. The molecule has 21 heavy (non-hydrogen) atoms. The van der Waals surface area contributed by atoms with Crippen LogP contribution in [0.15, 0.2) is 18.5 Å². The Hall–Kier alpha value is -1.91. The molecule has 0 saturated carbocycles. The van der Waals surface area contributed by atoms with Gasteiger partial charge in [0.1, 0.15) is 5.82 Å². The molecule has 0 unspecified atom stereocenters. The molecule has 0 aliphatic heterocycles. The van der Waals surface area contributed by atoms with Crippen LogP contribution in [0.25, 0.3) is 11.4 Å². The van der Waals surface area contributed by atoms with Crippen molar-refractivity contribution in [1.29, 1.82) is 0 Å². The first-order valence-corrected chi connectivity index (χ1v) is 7.68. The van der Waals surface area contributed by atoms with Crippen molar-refractivity contribution >= 4 is 5.82 Å². The van der Waals surface area contributed by atoms with Crippen LogP contribution in [0.3, 0.4) is 0 Å². The molecular weight excluding hydrogens is 262 g/mol. The van der Waals surface area contributed by atoms with Crippen LogP contribution in [-0.2, 0) is 0 Å². The molecule has 2 heterocycles. The Bertz CT molecular complexity index is 586. The molecule has 0 atom stereocenters. The van der Waals surface area contributed by atoms with E-state index in [4.69, 9.17) is 0 Å². The average molecular weight is 287 g/mol. The van der Waals surface area contributed by atoms with Gasteiger partial charge in [-0.25, -0.2) is 9.97 Å². The molecule has 0 saturated heterocycles.